The topological polar surface area (TPSA) is 105 Å². The van der Waals surface area contributed by atoms with Gasteiger partial charge in [0.25, 0.3) is 0 Å². The molecule has 2 aliphatic heterocycles. The molecule has 10 heteroatoms. The quantitative estimate of drug-likeness (QED) is 0.613. The lowest BCUT2D eigenvalue weighted by Gasteiger charge is -2.32. The first-order chi connectivity index (χ1) is 16.3. The first-order valence-corrected chi connectivity index (χ1v) is 13.8. The highest BCUT2D eigenvalue weighted by Gasteiger charge is 2.28. The van der Waals surface area contributed by atoms with E-state index in [1.807, 2.05) is 11.0 Å². The highest BCUT2D eigenvalue weighted by Crippen LogP contribution is 2.26. The van der Waals surface area contributed by atoms with E-state index in [2.05, 4.69) is 16.8 Å². The van der Waals surface area contributed by atoms with Crippen LogP contribution in [-0.2, 0) is 32.6 Å². The lowest BCUT2D eigenvalue weighted by Crippen LogP contribution is -2.46. The van der Waals surface area contributed by atoms with E-state index in [9.17, 15) is 18.0 Å². The van der Waals surface area contributed by atoms with Crippen LogP contribution in [0.3, 0.4) is 0 Å². The molecule has 0 bridgehead atoms. The molecule has 0 unspecified atom stereocenters. The molecular formula is C24H35N5O4S. The van der Waals surface area contributed by atoms with Gasteiger partial charge in [-0.1, -0.05) is 6.92 Å². The third kappa shape index (κ3) is 5.27. The number of piperidine rings is 1. The number of hydrogen-bond donors (Lipinski definition) is 1. The van der Waals surface area contributed by atoms with E-state index < -0.39 is 10.0 Å². The number of sulfonamides is 1. The lowest BCUT2D eigenvalue weighted by atomic mass is 10.0. The van der Waals surface area contributed by atoms with Crippen LogP contribution in [0.4, 0.5) is 0 Å². The maximum atomic E-state index is 13.0. The van der Waals surface area contributed by atoms with E-state index in [1.165, 1.54) is 6.92 Å². The number of nitrogens with zero attached hydrogens (tertiary/aromatic N) is 4. The number of rotatable bonds is 8. The summed E-state index contributed by atoms with van der Waals surface area (Å²) in [5.74, 6) is 0.874. The smallest absolute Gasteiger partial charge is 0.243 e. The van der Waals surface area contributed by atoms with Crippen LogP contribution in [0.5, 0.6) is 0 Å². The summed E-state index contributed by atoms with van der Waals surface area (Å²) in [6, 6.07) is 5.34. The van der Waals surface area contributed by atoms with Gasteiger partial charge in [0, 0.05) is 58.5 Å². The molecule has 0 aliphatic carbocycles. The molecule has 1 aromatic carbocycles. The van der Waals surface area contributed by atoms with Crippen molar-refractivity contribution in [1.82, 2.24) is 24.1 Å². The van der Waals surface area contributed by atoms with Crippen molar-refractivity contribution in [2.24, 2.45) is 0 Å². The Hall–Kier alpha value is -2.46. The summed E-state index contributed by atoms with van der Waals surface area (Å²) in [6.45, 7) is 6.80. The average Bonchev–Trinajstić information content (AvgIpc) is 3.47. The highest BCUT2D eigenvalue weighted by atomic mass is 32.2. The van der Waals surface area contributed by atoms with Crippen LogP contribution in [-0.4, -0.2) is 71.2 Å². The number of aromatic nitrogens is 2. The van der Waals surface area contributed by atoms with Crippen molar-refractivity contribution in [3.63, 3.8) is 0 Å². The largest absolute Gasteiger partial charge is 0.353 e. The van der Waals surface area contributed by atoms with Gasteiger partial charge in [0.05, 0.1) is 15.9 Å². The van der Waals surface area contributed by atoms with Gasteiger partial charge in [-0.15, -0.1) is 0 Å². The number of likely N-dealkylation sites (tertiary alicyclic amines) is 1. The van der Waals surface area contributed by atoms with Gasteiger partial charge >= 0.3 is 0 Å². The molecule has 2 aliphatic rings. The van der Waals surface area contributed by atoms with Crippen molar-refractivity contribution in [3.05, 3.63) is 24.0 Å². The lowest BCUT2D eigenvalue weighted by molar-refractivity contribution is -0.132. The first kappa shape index (κ1) is 24.7. The fourth-order valence-corrected chi connectivity index (χ4v) is 6.54. The zero-order valence-electron chi connectivity index (χ0n) is 20.1. The Morgan fingerprint density at radius 2 is 1.82 bits per heavy atom. The molecular weight excluding hydrogens is 454 g/mol. The van der Waals surface area contributed by atoms with E-state index in [-0.39, 0.29) is 22.8 Å². The second-order valence-corrected chi connectivity index (χ2v) is 11.2. The van der Waals surface area contributed by atoms with Gasteiger partial charge in [-0.05, 0) is 50.3 Å². The number of aryl methyl sites for hydroxylation is 2. The van der Waals surface area contributed by atoms with E-state index in [1.54, 1.807) is 16.4 Å². The third-order valence-electron chi connectivity index (χ3n) is 6.77. The fraction of sp³-hybridized carbons (Fsp3) is 0.625. The number of benzene rings is 1. The average molecular weight is 490 g/mol. The van der Waals surface area contributed by atoms with E-state index in [0.717, 1.165) is 50.0 Å². The van der Waals surface area contributed by atoms with Crippen molar-refractivity contribution < 1.29 is 18.0 Å². The monoisotopic (exact) mass is 489 g/mol. The number of carbonyl (C=O) groups excluding carboxylic acids is 2. The van der Waals surface area contributed by atoms with E-state index in [4.69, 9.17) is 4.98 Å². The zero-order valence-corrected chi connectivity index (χ0v) is 20.9. The summed E-state index contributed by atoms with van der Waals surface area (Å²) in [7, 11) is -3.50. The molecule has 9 nitrogen and oxygen atoms in total. The van der Waals surface area contributed by atoms with Crippen LogP contribution in [0, 0.1) is 0 Å². The third-order valence-corrected chi connectivity index (χ3v) is 8.66. The molecule has 1 N–H and O–H groups in total. The maximum Gasteiger partial charge on any atom is 0.243 e. The molecule has 34 heavy (non-hydrogen) atoms. The van der Waals surface area contributed by atoms with Gasteiger partial charge in [-0.2, -0.15) is 4.31 Å². The van der Waals surface area contributed by atoms with Crippen LogP contribution in [0.1, 0.15) is 58.2 Å². The Labute approximate surface area is 201 Å². The van der Waals surface area contributed by atoms with Gasteiger partial charge < -0.3 is 14.8 Å². The van der Waals surface area contributed by atoms with Gasteiger partial charge in [-0.25, -0.2) is 13.4 Å². The zero-order chi connectivity index (χ0) is 24.3. The van der Waals surface area contributed by atoms with E-state index in [0.29, 0.717) is 44.5 Å². The van der Waals surface area contributed by atoms with Crippen molar-refractivity contribution in [1.29, 1.82) is 0 Å². The van der Waals surface area contributed by atoms with Crippen LogP contribution < -0.4 is 5.32 Å². The summed E-state index contributed by atoms with van der Waals surface area (Å²) >= 11 is 0. The molecule has 1 aromatic heterocycles. The van der Waals surface area contributed by atoms with Gasteiger partial charge in [-0.3, -0.25) is 9.59 Å². The van der Waals surface area contributed by atoms with Crippen LogP contribution >= 0.6 is 0 Å². The number of carbonyl (C=O) groups is 2. The van der Waals surface area contributed by atoms with Crippen LogP contribution in [0.2, 0.25) is 0 Å². The second kappa shape index (κ2) is 10.4. The SMILES string of the molecule is CCCn1c(CCC(=O)N2CCC(NC(C)=O)CC2)nc2cc(S(=O)(=O)N3CCCC3)ccc21. The molecule has 3 heterocycles. The highest BCUT2D eigenvalue weighted by molar-refractivity contribution is 7.89. The minimum Gasteiger partial charge on any atom is -0.353 e. The summed E-state index contributed by atoms with van der Waals surface area (Å²) < 4.78 is 29.6. The Bertz CT molecular complexity index is 1150. The summed E-state index contributed by atoms with van der Waals surface area (Å²) in [4.78, 5) is 31.0. The molecule has 186 valence electrons. The van der Waals surface area contributed by atoms with Gasteiger partial charge in [0.2, 0.25) is 21.8 Å². The first-order valence-electron chi connectivity index (χ1n) is 12.3. The summed E-state index contributed by atoms with van der Waals surface area (Å²) in [5, 5.41) is 2.93. The maximum absolute atomic E-state index is 13.0. The fourth-order valence-electron chi connectivity index (χ4n) is 5.00. The summed E-state index contributed by atoms with van der Waals surface area (Å²) in [5.41, 5.74) is 1.56. The van der Waals surface area contributed by atoms with Gasteiger partial charge in [0.15, 0.2) is 0 Å². The van der Waals surface area contributed by atoms with Gasteiger partial charge in [0.1, 0.15) is 5.82 Å². The van der Waals surface area contributed by atoms with Crippen molar-refractivity contribution in [2.45, 2.75) is 76.3 Å². The second-order valence-electron chi connectivity index (χ2n) is 9.30. The minimum absolute atomic E-state index is 0.0315. The predicted molar refractivity (Wildman–Crippen MR) is 130 cm³/mol. The summed E-state index contributed by atoms with van der Waals surface area (Å²) in [6.07, 6.45) is 5.12. The van der Waals surface area contributed by atoms with Crippen LogP contribution in [0.25, 0.3) is 11.0 Å². The number of hydrogen-bond acceptors (Lipinski definition) is 5. The van der Waals surface area contributed by atoms with Crippen molar-refractivity contribution >= 4 is 32.9 Å². The number of nitrogens with one attached hydrogen (secondary N) is 1. The molecule has 0 saturated carbocycles. The molecule has 2 amide bonds. The van der Waals surface area contributed by atoms with E-state index >= 15 is 0 Å². The predicted octanol–water partition coefficient (Wildman–Crippen LogP) is 2.29. The number of fused-ring (bicyclic) bond motifs is 1. The molecule has 2 aromatic rings. The molecule has 0 spiro atoms. The van der Waals surface area contributed by atoms with Crippen molar-refractivity contribution in [2.75, 3.05) is 26.2 Å². The molecule has 4 rings (SSSR count). The Kier molecular flexibility index (Phi) is 7.57. The Morgan fingerprint density at radius 1 is 1.12 bits per heavy atom. The number of imidazole rings is 1. The van der Waals surface area contributed by atoms with Crippen molar-refractivity contribution in [3.8, 4) is 0 Å². The molecule has 2 fully saturated rings. The Balaban J connectivity index is 1.47. The van der Waals surface area contributed by atoms with Crippen LogP contribution in [0.15, 0.2) is 23.1 Å². The molecule has 0 atom stereocenters. The minimum atomic E-state index is -3.50. The normalized spacial score (nSPS) is 18.0. The molecule has 2 saturated heterocycles. The standard InChI is InChI=1S/C24H35N5O4S/c1-3-12-29-22-7-6-20(34(32,33)28-13-4-5-14-28)17-21(22)26-23(29)8-9-24(31)27-15-10-19(11-16-27)25-18(2)30/h6-7,17,19H,3-5,8-16H2,1-2H3,(H,25,30). The Morgan fingerprint density at radius 3 is 2.47 bits per heavy atom. The molecule has 0 radical (unpaired) electrons. The number of amides is 2.